The molecule has 1 aliphatic rings. The van der Waals surface area contributed by atoms with Gasteiger partial charge in [-0.2, -0.15) is 9.37 Å². The number of anilines is 2. The minimum atomic E-state index is -3.85. The van der Waals surface area contributed by atoms with Gasteiger partial charge in [0.15, 0.2) is 21.5 Å². The van der Waals surface area contributed by atoms with E-state index in [1.807, 2.05) is 6.92 Å². The molecule has 0 saturated carbocycles. The van der Waals surface area contributed by atoms with Crippen LogP contribution in [0.3, 0.4) is 0 Å². The molecule has 2 heterocycles. The molecule has 23 heavy (non-hydrogen) atoms. The zero-order valence-corrected chi connectivity index (χ0v) is 14.6. The molecule has 0 spiro atoms. The molecule has 1 aliphatic heterocycles. The first kappa shape index (κ1) is 17.9. The van der Waals surface area contributed by atoms with Crippen molar-refractivity contribution in [1.82, 2.24) is 4.98 Å². The van der Waals surface area contributed by atoms with Crippen molar-refractivity contribution in [3.63, 3.8) is 0 Å². The van der Waals surface area contributed by atoms with E-state index in [1.54, 1.807) is 18.7 Å². The van der Waals surface area contributed by atoms with Crippen LogP contribution in [0.2, 0.25) is 0 Å². The highest BCUT2D eigenvalue weighted by Crippen LogP contribution is 2.38. The van der Waals surface area contributed by atoms with E-state index in [0.717, 1.165) is 12.8 Å². The normalized spacial score (nSPS) is 16.3. The Morgan fingerprint density at radius 2 is 1.87 bits per heavy atom. The summed E-state index contributed by atoms with van der Waals surface area (Å²) >= 11 is 0. The van der Waals surface area contributed by atoms with Crippen molar-refractivity contribution in [3.05, 3.63) is 11.8 Å². The van der Waals surface area contributed by atoms with Crippen molar-refractivity contribution in [2.45, 2.75) is 38.5 Å². The number of pyridine rings is 1. The van der Waals surface area contributed by atoms with Gasteiger partial charge in [0, 0.05) is 26.2 Å². The average Bonchev–Trinajstić information content (AvgIpc) is 2.51. The molecule has 2 rings (SSSR count). The standard InChI is InChI=1S/C15H23F2N3O2S/c1-4-7-8-20-9-10-23(21,22)13-11(16)15(19(5-2)6-3)18-14(17)12(13)20/h4-10H2,1-3H3. The molecule has 0 atom stereocenters. The Balaban J connectivity index is 2.65. The van der Waals surface area contributed by atoms with Gasteiger partial charge in [-0.05, 0) is 20.3 Å². The molecule has 1 aromatic rings. The minimum absolute atomic E-state index is 0.165. The smallest absolute Gasteiger partial charge is 0.239 e. The highest BCUT2D eigenvalue weighted by Gasteiger charge is 2.37. The van der Waals surface area contributed by atoms with E-state index in [9.17, 15) is 17.2 Å². The zero-order valence-electron chi connectivity index (χ0n) is 13.8. The fourth-order valence-electron chi connectivity index (χ4n) is 2.80. The van der Waals surface area contributed by atoms with E-state index < -0.39 is 26.5 Å². The van der Waals surface area contributed by atoms with Gasteiger partial charge in [0.2, 0.25) is 5.95 Å². The van der Waals surface area contributed by atoms with Gasteiger partial charge in [-0.1, -0.05) is 13.3 Å². The molecule has 130 valence electrons. The lowest BCUT2D eigenvalue weighted by Gasteiger charge is -2.32. The molecule has 0 amide bonds. The Kier molecular flexibility index (Phi) is 5.44. The van der Waals surface area contributed by atoms with Crippen molar-refractivity contribution >= 4 is 21.3 Å². The van der Waals surface area contributed by atoms with Crippen LogP contribution >= 0.6 is 0 Å². The second kappa shape index (κ2) is 6.98. The fraction of sp³-hybridized carbons (Fsp3) is 0.667. The fourth-order valence-corrected chi connectivity index (χ4v) is 4.34. The highest BCUT2D eigenvalue weighted by atomic mass is 32.2. The first-order chi connectivity index (χ1) is 10.9. The van der Waals surface area contributed by atoms with Gasteiger partial charge in [-0.15, -0.1) is 0 Å². The number of hydrogen-bond donors (Lipinski definition) is 0. The van der Waals surface area contributed by atoms with Crippen LogP contribution in [-0.4, -0.2) is 45.3 Å². The number of aromatic nitrogens is 1. The maximum atomic E-state index is 14.9. The van der Waals surface area contributed by atoms with E-state index in [-0.39, 0.29) is 23.8 Å². The van der Waals surface area contributed by atoms with Crippen LogP contribution in [-0.2, 0) is 9.84 Å². The van der Waals surface area contributed by atoms with E-state index in [2.05, 4.69) is 4.98 Å². The van der Waals surface area contributed by atoms with E-state index in [4.69, 9.17) is 0 Å². The molecule has 5 nitrogen and oxygen atoms in total. The lowest BCUT2D eigenvalue weighted by atomic mass is 10.2. The van der Waals surface area contributed by atoms with Crippen LogP contribution in [0, 0.1) is 11.8 Å². The van der Waals surface area contributed by atoms with Crippen molar-refractivity contribution in [2.75, 3.05) is 41.7 Å². The van der Waals surface area contributed by atoms with Crippen molar-refractivity contribution in [1.29, 1.82) is 0 Å². The Morgan fingerprint density at radius 3 is 2.43 bits per heavy atom. The van der Waals surface area contributed by atoms with Crippen molar-refractivity contribution < 1.29 is 17.2 Å². The molecule has 0 unspecified atom stereocenters. The van der Waals surface area contributed by atoms with E-state index in [0.29, 0.717) is 19.6 Å². The van der Waals surface area contributed by atoms with E-state index >= 15 is 0 Å². The maximum Gasteiger partial charge on any atom is 0.239 e. The molecule has 0 saturated heterocycles. The second-order valence-electron chi connectivity index (χ2n) is 5.55. The second-order valence-corrected chi connectivity index (χ2v) is 7.60. The maximum absolute atomic E-state index is 14.9. The summed E-state index contributed by atoms with van der Waals surface area (Å²) in [6.45, 7) is 7.03. The summed E-state index contributed by atoms with van der Waals surface area (Å²) in [6.07, 6.45) is 1.66. The lowest BCUT2D eigenvalue weighted by Crippen LogP contribution is -2.38. The molecule has 0 aromatic carbocycles. The Labute approximate surface area is 136 Å². The minimum Gasteiger partial charge on any atom is -0.366 e. The number of nitrogens with zero attached hydrogens (tertiary/aromatic N) is 3. The summed E-state index contributed by atoms with van der Waals surface area (Å²) in [7, 11) is -3.85. The molecule has 0 bridgehead atoms. The molecular formula is C15H23F2N3O2S. The monoisotopic (exact) mass is 347 g/mol. The van der Waals surface area contributed by atoms with Gasteiger partial charge >= 0.3 is 0 Å². The van der Waals surface area contributed by atoms with Crippen LogP contribution in [0.4, 0.5) is 20.3 Å². The van der Waals surface area contributed by atoms with Crippen molar-refractivity contribution in [2.24, 2.45) is 0 Å². The predicted molar refractivity (Wildman–Crippen MR) is 86.9 cm³/mol. The molecular weight excluding hydrogens is 324 g/mol. The number of halogens is 2. The Morgan fingerprint density at radius 1 is 1.22 bits per heavy atom. The van der Waals surface area contributed by atoms with Gasteiger partial charge in [0.05, 0.1) is 5.75 Å². The predicted octanol–water partition coefficient (Wildman–Crippen LogP) is 2.60. The molecule has 8 heteroatoms. The van der Waals surface area contributed by atoms with Gasteiger partial charge in [0.1, 0.15) is 10.6 Å². The third-order valence-corrected chi connectivity index (χ3v) is 5.83. The summed E-state index contributed by atoms with van der Waals surface area (Å²) in [5.41, 5.74) is -0.210. The number of unbranched alkanes of at least 4 members (excludes halogenated alkanes) is 1. The lowest BCUT2D eigenvalue weighted by molar-refractivity contribution is 0.513. The molecule has 0 fully saturated rings. The first-order valence-corrected chi connectivity index (χ1v) is 9.64. The number of fused-ring (bicyclic) bond motifs is 1. The first-order valence-electron chi connectivity index (χ1n) is 7.98. The topological polar surface area (TPSA) is 53.5 Å². The summed E-state index contributed by atoms with van der Waals surface area (Å²) in [6, 6.07) is 0. The third-order valence-electron chi connectivity index (χ3n) is 4.11. The van der Waals surface area contributed by atoms with Crippen LogP contribution in [0.25, 0.3) is 0 Å². The van der Waals surface area contributed by atoms with Crippen molar-refractivity contribution in [3.8, 4) is 0 Å². The quantitative estimate of drug-likeness (QED) is 0.741. The summed E-state index contributed by atoms with van der Waals surface area (Å²) in [5.74, 6) is -2.29. The number of sulfone groups is 1. The van der Waals surface area contributed by atoms with Crippen LogP contribution < -0.4 is 9.80 Å². The molecule has 0 radical (unpaired) electrons. The van der Waals surface area contributed by atoms with Crippen LogP contribution in [0.1, 0.15) is 33.6 Å². The van der Waals surface area contributed by atoms with Gasteiger partial charge in [0.25, 0.3) is 0 Å². The Bertz CT molecular complexity index is 676. The Hall–Kier alpha value is -1.44. The average molecular weight is 347 g/mol. The highest BCUT2D eigenvalue weighted by molar-refractivity contribution is 7.91. The summed E-state index contributed by atoms with van der Waals surface area (Å²) in [5, 5.41) is 0. The molecule has 0 aliphatic carbocycles. The van der Waals surface area contributed by atoms with Gasteiger partial charge in [-0.25, -0.2) is 12.8 Å². The molecule has 0 N–H and O–H groups in total. The van der Waals surface area contributed by atoms with Crippen LogP contribution in [0.5, 0.6) is 0 Å². The zero-order chi connectivity index (χ0) is 17.2. The van der Waals surface area contributed by atoms with Gasteiger partial charge < -0.3 is 9.80 Å². The van der Waals surface area contributed by atoms with E-state index in [1.165, 1.54) is 4.90 Å². The van der Waals surface area contributed by atoms with Crippen LogP contribution in [0.15, 0.2) is 4.90 Å². The van der Waals surface area contributed by atoms with Gasteiger partial charge in [-0.3, -0.25) is 0 Å². The molecule has 1 aromatic heterocycles. The summed E-state index contributed by atoms with van der Waals surface area (Å²) < 4.78 is 54.1. The summed E-state index contributed by atoms with van der Waals surface area (Å²) in [4.78, 5) is 6.30. The number of hydrogen-bond acceptors (Lipinski definition) is 5. The SMILES string of the molecule is CCCCN1CCS(=O)(=O)c2c(F)c(N(CC)CC)nc(F)c21. The number of rotatable bonds is 6. The third kappa shape index (κ3) is 3.27. The largest absolute Gasteiger partial charge is 0.366 e.